The molecule has 1 aromatic carbocycles. The van der Waals surface area contributed by atoms with Gasteiger partial charge in [-0.25, -0.2) is 0 Å². The van der Waals surface area contributed by atoms with Gasteiger partial charge in [0.15, 0.2) is 0 Å². The number of nitrogens with one attached hydrogen (secondary N) is 2. The molecular weight excluding hydrogens is 232 g/mol. The molecule has 0 aromatic heterocycles. The first-order valence-corrected chi connectivity index (χ1v) is 5.78. The summed E-state index contributed by atoms with van der Waals surface area (Å²) in [5, 5.41) is 14.3. The molecule has 1 aromatic rings. The number of aliphatic hydroxyl groups excluding tert-OH is 1. The van der Waals surface area contributed by atoms with Crippen LogP contribution in [0, 0.1) is 0 Å². The van der Waals surface area contributed by atoms with Gasteiger partial charge in [-0.3, -0.25) is 9.59 Å². The Morgan fingerprint density at radius 2 is 1.83 bits per heavy atom. The molecule has 3 N–H and O–H groups in total. The summed E-state index contributed by atoms with van der Waals surface area (Å²) in [4.78, 5) is 22.4. The van der Waals surface area contributed by atoms with E-state index in [2.05, 4.69) is 10.6 Å². The Labute approximate surface area is 106 Å². The summed E-state index contributed by atoms with van der Waals surface area (Å²) in [7, 11) is 0. The molecule has 1 rings (SSSR count). The zero-order chi connectivity index (χ0) is 13.5. The van der Waals surface area contributed by atoms with E-state index in [1.807, 2.05) is 0 Å². The molecule has 5 heteroatoms. The van der Waals surface area contributed by atoms with E-state index in [9.17, 15) is 9.59 Å². The Kier molecular flexibility index (Phi) is 5.32. The van der Waals surface area contributed by atoms with E-state index >= 15 is 0 Å². The predicted molar refractivity (Wildman–Crippen MR) is 68.0 cm³/mol. The van der Waals surface area contributed by atoms with Gasteiger partial charge in [-0.05, 0) is 24.6 Å². The first-order valence-electron chi connectivity index (χ1n) is 5.78. The zero-order valence-electron chi connectivity index (χ0n) is 10.6. The molecule has 1 atom stereocenters. The van der Waals surface area contributed by atoms with Crippen LogP contribution in [0.1, 0.15) is 29.8 Å². The normalized spacial score (nSPS) is 11.7. The third-order valence-corrected chi connectivity index (χ3v) is 2.32. The molecule has 0 bridgehead atoms. The highest BCUT2D eigenvalue weighted by molar-refractivity contribution is 5.94. The van der Waals surface area contributed by atoms with Gasteiger partial charge in [0.1, 0.15) is 0 Å². The quantitative estimate of drug-likeness (QED) is 0.709. The second kappa shape index (κ2) is 6.76. The summed E-state index contributed by atoms with van der Waals surface area (Å²) >= 11 is 0. The molecule has 98 valence electrons. The van der Waals surface area contributed by atoms with Gasteiger partial charge in [-0.2, -0.15) is 0 Å². The minimum atomic E-state index is -0.562. The SMILES string of the molecule is CC(=O)NCc1ccc(C(=O)NC[C@@H](C)O)cc1. The molecule has 0 saturated heterocycles. The molecule has 0 saturated carbocycles. The summed E-state index contributed by atoms with van der Waals surface area (Å²) in [5.74, 6) is -0.310. The number of hydrogen-bond donors (Lipinski definition) is 3. The van der Waals surface area contributed by atoms with Crippen molar-refractivity contribution >= 4 is 11.8 Å². The summed E-state index contributed by atoms with van der Waals surface area (Å²) in [6.45, 7) is 3.74. The van der Waals surface area contributed by atoms with Crippen molar-refractivity contribution in [1.29, 1.82) is 0 Å². The lowest BCUT2D eigenvalue weighted by atomic mass is 10.1. The topological polar surface area (TPSA) is 78.4 Å². The molecule has 2 amide bonds. The van der Waals surface area contributed by atoms with Crippen molar-refractivity contribution in [3.8, 4) is 0 Å². The van der Waals surface area contributed by atoms with Gasteiger partial charge < -0.3 is 15.7 Å². The van der Waals surface area contributed by atoms with E-state index in [1.165, 1.54) is 6.92 Å². The minimum absolute atomic E-state index is 0.0891. The Morgan fingerprint density at radius 1 is 1.22 bits per heavy atom. The standard InChI is InChI=1S/C13H18N2O3/c1-9(16)7-15-13(18)12-5-3-11(4-6-12)8-14-10(2)17/h3-6,9,16H,7-8H2,1-2H3,(H,14,17)(H,15,18)/t9-/m1/s1. The maximum atomic E-state index is 11.6. The molecule has 0 fully saturated rings. The molecule has 0 aliphatic rings. The molecule has 0 aliphatic carbocycles. The van der Waals surface area contributed by atoms with Gasteiger partial charge in [0.25, 0.3) is 5.91 Å². The molecule has 0 spiro atoms. The van der Waals surface area contributed by atoms with Gasteiger partial charge in [-0.15, -0.1) is 0 Å². The lowest BCUT2D eigenvalue weighted by Gasteiger charge is -2.08. The largest absolute Gasteiger partial charge is 0.392 e. The summed E-state index contributed by atoms with van der Waals surface area (Å²) < 4.78 is 0. The fourth-order valence-electron chi connectivity index (χ4n) is 1.34. The number of benzene rings is 1. The van der Waals surface area contributed by atoms with Gasteiger partial charge >= 0.3 is 0 Å². The van der Waals surface area contributed by atoms with Crippen LogP contribution in [0.5, 0.6) is 0 Å². The number of amides is 2. The molecular formula is C13H18N2O3. The Bertz CT molecular complexity index is 413. The zero-order valence-corrected chi connectivity index (χ0v) is 10.6. The molecule has 0 heterocycles. The van der Waals surface area contributed by atoms with Gasteiger partial charge in [0.2, 0.25) is 5.91 Å². The minimum Gasteiger partial charge on any atom is -0.392 e. The molecule has 0 aliphatic heterocycles. The second-order valence-corrected chi connectivity index (χ2v) is 4.17. The summed E-state index contributed by atoms with van der Waals surface area (Å²) in [6.07, 6.45) is -0.562. The third-order valence-electron chi connectivity index (χ3n) is 2.32. The van der Waals surface area contributed by atoms with Crippen molar-refractivity contribution in [1.82, 2.24) is 10.6 Å². The Morgan fingerprint density at radius 3 is 2.33 bits per heavy atom. The summed E-state index contributed by atoms with van der Waals surface area (Å²) in [5.41, 5.74) is 1.46. The van der Waals surface area contributed by atoms with Crippen LogP contribution in [0.15, 0.2) is 24.3 Å². The Hall–Kier alpha value is -1.88. The first-order chi connectivity index (χ1) is 8.49. The van der Waals surface area contributed by atoms with Crippen LogP contribution in [0.3, 0.4) is 0 Å². The van der Waals surface area contributed by atoms with Crippen LogP contribution in [0.4, 0.5) is 0 Å². The average molecular weight is 250 g/mol. The molecule has 18 heavy (non-hydrogen) atoms. The van der Waals surface area contributed by atoms with Gasteiger partial charge in [0.05, 0.1) is 6.10 Å². The van der Waals surface area contributed by atoms with Crippen LogP contribution in [0.2, 0.25) is 0 Å². The third kappa shape index (κ3) is 4.97. The van der Waals surface area contributed by atoms with Crippen LogP contribution < -0.4 is 10.6 Å². The van der Waals surface area contributed by atoms with E-state index < -0.39 is 6.10 Å². The van der Waals surface area contributed by atoms with Crippen molar-refractivity contribution in [2.75, 3.05) is 6.54 Å². The number of hydrogen-bond acceptors (Lipinski definition) is 3. The average Bonchev–Trinajstić information content (AvgIpc) is 2.34. The van der Waals surface area contributed by atoms with E-state index in [-0.39, 0.29) is 18.4 Å². The van der Waals surface area contributed by atoms with Crippen molar-refractivity contribution < 1.29 is 14.7 Å². The highest BCUT2D eigenvalue weighted by Gasteiger charge is 2.06. The van der Waals surface area contributed by atoms with Crippen molar-refractivity contribution in [2.45, 2.75) is 26.5 Å². The lowest BCUT2D eigenvalue weighted by Crippen LogP contribution is -2.30. The van der Waals surface area contributed by atoms with E-state index in [4.69, 9.17) is 5.11 Å². The van der Waals surface area contributed by atoms with Gasteiger partial charge in [0, 0.05) is 25.6 Å². The highest BCUT2D eigenvalue weighted by Crippen LogP contribution is 2.04. The van der Waals surface area contributed by atoms with Crippen LogP contribution in [-0.4, -0.2) is 29.6 Å². The van der Waals surface area contributed by atoms with Crippen molar-refractivity contribution in [3.63, 3.8) is 0 Å². The second-order valence-electron chi connectivity index (χ2n) is 4.17. The first kappa shape index (κ1) is 14.2. The number of carbonyl (C=O) groups is 2. The maximum Gasteiger partial charge on any atom is 0.251 e. The summed E-state index contributed by atoms with van der Waals surface area (Å²) in [6, 6.07) is 6.95. The van der Waals surface area contributed by atoms with E-state index in [1.54, 1.807) is 31.2 Å². The smallest absolute Gasteiger partial charge is 0.251 e. The molecule has 5 nitrogen and oxygen atoms in total. The Balaban J connectivity index is 2.53. The highest BCUT2D eigenvalue weighted by atomic mass is 16.3. The molecule has 0 radical (unpaired) electrons. The van der Waals surface area contributed by atoms with Gasteiger partial charge in [-0.1, -0.05) is 12.1 Å². The van der Waals surface area contributed by atoms with Crippen LogP contribution in [-0.2, 0) is 11.3 Å². The van der Waals surface area contributed by atoms with Crippen LogP contribution >= 0.6 is 0 Å². The lowest BCUT2D eigenvalue weighted by molar-refractivity contribution is -0.119. The number of rotatable bonds is 5. The van der Waals surface area contributed by atoms with Crippen LogP contribution in [0.25, 0.3) is 0 Å². The van der Waals surface area contributed by atoms with Crippen molar-refractivity contribution in [3.05, 3.63) is 35.4 Å². The predicted octanol–water partition coefficient (Wildman–Crippen LogP) is 0.433. The fourth-order valence-corrected chi connectivity index (χ4v) is 1.34. The molecule has 0 unspecified atom stereocenters. The van der Waals surface area contributed by atoms with Crippen molar-refractivity contribution in [2.24, 2.45) is 0 Å². The number of carbonyl (C=O) groups excluding carboxylic acids is 2. The maximum absolute atomic E-state index is 11.6. The van der Waals surface area contributed by atoms with E-state index in [0.29, 0.717) is 12.1 Å². The monoisotopic (exact) mass is 250 g/mol. The van der Waals surface area contributed by atoms with E-state index in [0.717, 1.165) is 5.56 Å². The fraction of sp³-hybridized carbons (Fsp3) is 0.385. The number of aliphatic hydroxyl groups is 1.